The molecule has 0 fully saturated rings. The minimum absolute atomic E-state index is 0.160. The highest BCUT2D eigenvalue weighted by Gasteiger charge is 2.41. The number of benzene rings is 9. The predicted octanol–water partition coefficient (Wildman–Crippen LogP) is 12.1. The molecule has 0 spiro atoms. The molecule has 70 heavy (non-hydrogen) atoms. The molecule has 3 aromatic heterocycles. The second kappa shape index (κ2) is 15.9. The first-order chi connectivity index (χ1) is 34.6. The summed E-state index contributed by atoms with van der Waals surface area (Å²) in [5, 5.41) is 2.11. The predicted molar refractivity (Wildman–Crippen MR) is 282 cm³/mol. The molecule has 2 aliphatic rings. The molecule has 12 aromatic rings. The minimum atomic E-state index is -0.160. The Morgan fingerprint density at radius 3 is 1.34 bits per heavy atom. The van der Waals surface area contributed by atoms with Crippen LogP contribution in [-0.4, -0.2) is 41.2 Å². The number of hydrogen-bond donors (Lipinski definition) is 0. The van der Waals surface area contributed by atoms with E-state index in [1.54, 1.807) is 0 Å². The second-order valence-electron chi connectivity index (χ2n) is 18.0. The number of rotatable bonds is 7. The summed E-state index contributed by atoms with van der Waals surface area (Å²) < 4.78 is 9.44. The maximum atomic E-state index is 7.01. The molecule has 14 rings (SSSR count). The van der Waals surface area contributed by atoms with Gasteiger partial charge in [-0.15, -0.1) is 0 Å². The van der Waals surface area contributed by atoms with Gasteiger partial charge in [0.05, 0.1) is 5.52 Å². The van der Waals surface area contributed by atoms with Crippen molar-refractivity contribution in [3.05, 3.63) is 218 Å². The molecule has 326 valence electrons. The Hall–Kier alpha value is -9.34. The molecule has 9 aromatic carbocycles. The van der Waals surface area contributed by atoms with Gasteiger partial charge in [-0.3, -0.25) is 0 Å². The van der Waals surface area contributed by atoms with Crippen molar-refractivity contribution in [1.82, 2.24) is 34.5 Å². The van der Waals surface area contributed by atoms with Gasteiger partial charge >= 0.3 is 0 Å². The maximum Gasteiger partial charge on any atom is 0.256 e. The number of hydrogen-bond acceptors (Lipinski definition) is 7. The van der Waals surface area contributed by atoms with E-state index in [1.165, 1.54) is 0 Å². The summed E-state index contributed by atoms with van der Waals surface area (Å²) >= 11 is 0. The van der Waals surface area contributed by atoms with Gasteiger partial charge in [-0.05, 0) is 82.5 Å². The third kappa shape index (κ3) is 6.54. The molecule has 0 saturated carbocycles. The van der Waals surface area contributed by atoms with E-state index in [1.807, 2.05) is 127 Å². The highest BCUT2D eigenvalue weighted by molar-refractivity contribution is 6.99. The Kier molecular flexibility index (Phi) is 9.04. The van der Waals surface area contributed by atoms with Gasteiger partial charge < -0.3 is 9.30 Å². The van der Waals surface area contributed by atoms with Crippen molar-refractivity contribution in [2.24, 2.45) is 0 Å². The Bertz CT molecular complexity index is 3920. The molecule has 0 radical (unpaired) electrons. The molecule has 0 bridgehead atoms. The standard InChI is InChI=1S/C61H38BN7O/c1-37-31-51-54-53(32-37)70-52-36-43(38-17-7-2-8-18-38)27-29-48(52)62(54)49-35-45(61-67-58(41-23-13-5-14-24-41)64-59(68-61)42-25-15-6-16-26-42)34-47-46-33-44(28-30-50(46)69(51)55(47)49)60-65-56(39-19-9-3-10-20-39)63-57(66-60)40-21-11-4-12-22-40/h2-36H,1H3. The average molecular weight is 896 g/mol. The van der Waals surface area contributed by atoms with Crippen molar-refractivity contribution in [3.8, 4) is 96.6 Å². The van der Waals surface area contributed by atoms with Crippen molar-refractivity contribution in [1.29, 1.82) is 0 Å². The molecule has 8 nitrogen and oxygen atoms in total. The summed E-state index contributed by atoms with van der Waals surface area (Å²) in [6.07, 6.45) is 0. The van der Waals surface area contributed by atoms with Gasteiger partial charge in [0.15, 0.2) is 34.9 Å². The quantitative estimate of drug-likeness (QED) is 0.147. The molecule has 0 amide bonds. The van der Waals surface area contributed by atoms with E-state index < -0.39 is 0 Å². The summed E-state index contributed by atoms with van der Waals surface area (Å²) in [5.74, 6) is 5.30. The van der Waals surface area contributed by atoms with Crippen LogP contribution in [0.4, 0.5) is 0 Å². The van der Waals surface area contributed by atoms with Crippen molar-refractivity contribution in [2.75, 3.05) is 0 Å². The fraction of sp³-hybridized carbons (Fsp3) is 0.0164. The summed E-state index contributed by atoms with van der Waals surface area (Å²) in [4.78, 5) is 30.9. The molecule has 9 heteroatoms. The van der Waals surface area contributed by atoms with Gasteiger partial charge in [0.2, 0.25) is 0 Å². The zero-order valence-corrected chi connectivity index (χ0v) is 37.8. The van der Waals surface area contributed by atoms with Crippen LogP contribution in [0.25, 0.3) is 107 Å². The normalized spacial score (nSPS) is 12.2. The molecule has 0 saturated heterocycles. The fourth-order valence-electron chi connectivity index (χ4n) is 10.4. The molecular weight excluding hydrogens is 858 g/mol. The lowest BCUT2D eigenvalue weighted by Gasteiger charge is -2.34. The zero-order valence-electron chi connectivity index (χ0n) is 37.8. The van der Waals surface area contributed by atoms with E-state index in [2.05, 4.69) is 96.4 Å². The van der Waals surface area contributed by atoms with Crippen LogP contribution in [0.3, 0.4) is 0 Å². The molecule has 0 unspecified atom stereocenters. The van der Waals surface area contributed by atoms with Gasteiger partial charge in [0, 0.05) is 55.4 Å². The molecule has 0 atom stereocenters. The summed E-state index contributed by atoms with van der Waals surface area (Å²) in [5.41, 5.74) is 15.4. The van der Waals surface area contributed by atoms with Gasteiger partial charge in [0.1, 0.15) is 11.5 Å². The van der Waals surface area contributed by atoms with Crippen molar-refractivity contribution in [3.63, 3.8) is 0 Å². The smallest absolute Gasteiger partial charge is 0.256 e. The van der Waals surface area contributed by atoms with Gasteiger partial charge in [0.25, 0.3) is 6.71 Å². The fourth-order valence-corrected chi connectivity index (χ4v) is 10.4. The van der Waals surface area contributed by atoms with E-state index in [0.717, 1.165) is 105 Å². The lowest BCUT2D eigenvalue weighted by molar-refractivity contribution is 0.487. The van der Waals surface area contributed by atoms with Crippen LogP contribution >= 0.6 is 0 Å². The molecule has 2 aliphatic heterocycles. The summed E-state index contributed by atoms with van der Waals surface area (Å²) in [6, 6.07) is 73.3. The average Bonchev–Trinajstić information content (AvgIpc) is 3.77. The molecule has 0 aliphatic carbocycles. The summed E-state index contributed by atoms with van der Waals surface area (Å²) in [6.45, 7) is 1.99. The zero-order chi connectivity index (χ0) is 46.3. The van der Waals surface area contributed by atoms with Gasteiger partial charge in [-0.2, -0.15) is 0 Å². The second-order valence-corrected chi connectivity index (χ2v) is 18.0. The third-order valence-corrected chi connectivity index (χ3v) is 13.6. The third-order valence-electron chi connectivity index (χ3n) is 13.6. The van der Waals surface area contributed by atoms with Crippen LogP contribution in [0.2, 0.25) is 0 Å². The SMILES string of the molecule is Cc1cc2c3c(c1)-n1c4ccc(-c5nc(-c6ccccc6)nc(-c6ccccc6)n5)cc4c4cc(-c5nc(-c6ccccc6)nc(-c6ccccc6)n5)cc(c41)B3c1ccc(-c3ccccc3)cc1O2. The Balaban J connectivity index is 1.06. The number of nitrogens with zero attached hydrogens (tertiary/aromatic N) is 7. The number of fused-ring (bicyclic) bond motifs is 7. The Morgan fingerprint density at radius 2 is 0.814 bits per heavy atom. The van der Waals surface area contributed by atoms with Crippen LogP contribution in [-0.2, 0) is 0 Å². The maximum absolute atomic E-state index is 7.01. The van der Waals surface area contributed by atoms with E-state index in [9.17, 15) is 0 Å². The van der Waals surface area contributed by atoms with Gasteiger partial charge in [-0.25, -0.2) is 29.9 Å². The van der Waals surface area contributed by atoms with Crippen molar-refractivity contribution < 1.29 is 4.74 Å². The number of aryl methyl sites for hydroxylation is 1. The van der Waals surface area contributed by atoms with Crippen LogP contribution in [0.1, 0.15) is 5.56 Å². The van der Waals surface area contributed by atoms with E-state index in [4.69, 9.17) is 34.6 Å². The minimum Gasteiger partial charge on any atom is -0.458 e. The van der Waals surface area contributed by atoms with E-state index in [0.29, 0.717) is 34.9 Å². The van der Waals surface area contributed by atoms with Crippen LogP contribution in [0.5, 0.6) is 11.5 Å². The highest BCUT2D eigenvalue weighted by Crippen LogP contribution is 2.41. The monoisotopic (exact) mass is 895 g/mol. The number of aromatic nitrogens is 7. The van der Waals surface area contributed by atoms with E-state index in [-0.39, 0.29) is 6.71 Å². The van der Waals surface area contributed by atoms with Crippen molar-refractivity contribution >= 4 is 44.9 Å². The Morgan fingerprint density at radius 1 is 0.357 bits per heavy atom. The van der Waals surface area contributed by atoms with Crippen LogP contribution in [0.15, 0.2) is 212 Å². The van der Waals surface area contributed by atoms with E-state index >= 15 is 0 Å². The van der Waals surface area contributed by atoms with Crippen LogP contribution in [0, 0.1) is 6.92 Å². The van der Waals surface area contributed by atoms with Gasteiger partial charge in [-0.1, -0.05) is 170 Å². The number of ether oxygens (including phenoxy) is 1. The first-order valence-electron chi connectivity index (χ1n) is 23.5. The lowest BCUT2D eigenvalue weighted by atomic mass is 9.34. The largest absolute Gasteiger partial charge is 0.458 e. The topological polar surface area (TPSA) is 91.5 Å². The molecule has 0 N–H and O–H groups in total. The Labute approximate surface area is 403 Å². The lowest BCUT2D eigenvalue weighted by Crippen LogP contribution is -2.58. The molecular formula is C61H38BN7O. The van der Waals surface area contributed by atoms with Crippen LogP contribution < -0.4 is 21.1 Å². The first-order valence-corrected chi connectivity index (χ1v) is 23.5. The first kappa shape index (κ1) is 39.8. The van der Waals surface area contributed by atoms with Crippen molar-refractivity contribution in [2.45, 2.75) is 6.92 Å². The molecule has 5 heterocycles. The summed E-state index contributed by atoms with van der Waals surface area (Å²) in [7, 11) is 0. The highest BCUT2D eigenvalue weighted by atomic mass is 16.5.